The molecule has 1 heterocycles. The van der Waals surface area contributed by atoms with Crippen molar-refractivity contribution in [1.29, 1.82) is 0 Å². The first kappa shape index (κ1) is 30.4. The average molecular weight is 541 g/mol. The van der Waals surface area contributed by atoms with E-state index in [1.165, 1.54) is 37.3 Å². The SMILES string of the molecule is C=C(C)C(=O)OCC(O)COCOCC(O)COc1ccc2cc(-c3ccc(CCCCC)cc3C)oc2c1. The van der Waals surface area contributed by atoms with Crippen molar-refractivity contribution in [3.63, 3.8) is 0 Å². The van der Waals surface area contributed by atoms with E-state index in [-0.39, 0.29) is 38.8 Å². The van der Waals surface area contributed by atoms with Crippen molar-refractivity contribution in [2.45, 2.75) is 58.7 Å². The molecule has 0 aliphatic heterocycles. The fourth-order valence-electron chi connectivity index (χ4n) is 3.98. The van der Waals surface area contributed by atoms with Gasteiger partial charge >= 0.3 is 5.97 Å². The lowest BCUT2D eigenvalue weighted by atomic mass is 10.00. The molecule has 0 fully saturated rings. The fourth-order valence-corrected chi connectivity index (χ4v) is 3.98. The van der Waals surface area contributed by atoms with E-state index in [2.05, 4.69) is 38.6 Å². The third-order valence-corrected chi connectivity index (χ3v) is 6.10. The molecule has 8 heteroatoms. The molecule has 2 unspecified atom stereocenters. The second kappa shape index (κ2) is 15.4. The zero-order chi connectivity index (χ0) is 28.2. The highest BCUT2D eigenvalue weighted by atomic mass is 16.7. The largest absolute Gasteiger partial charge is 0.491 e. The number of carbonyl (C=O) groups is 1. The lowest BCUT2D eigenvalue weighted by molar-refractivity contribution is -0.145. The monoisotopic (exact) mass is 540 g/mol. The minimum atomic E-state index is -0.985. The van der Waals surface area contributed by atoms with E-state index >= 15 is 0 Å². The van der Waals surface area contributed by atoms with Gasteiger partial charge in [-0.2, -0.15) is 0 Å². The summed E-state index contributed by atoms with van der Waals surface area (Å²) in [4.78, 5) is 11.3. The van der Waals surface area contributed by atoms with E-state index in [1.807, 2.05) is 24.3 Å². The first-order valence-corrected chi connectivity index (χ1v) is 13.4. The Morgan fingerprint density at radius 3 is 2.41 bits per heavy atom. The molecule has 3 rings (SSSR count). The zero-order valence-electron chi connectivity index (χ0n) is 23.1. The number of benzene rings is 2. The van der Waals surface area contributed by atoms with Gasteiger partial charge in [0.25, 0.3) is 0 Å². The maximum absolute atomic E-state index is 11.3. The van der Waals surface area contributed by atoms with Gasteiger partial charge in [-0.05, 0) is 56.0 Å². The zero-order valence-corrected chi connectivity index (χ0v) is 23.1. The molecule has 0 saturated carbocycles. The summed E-state index contributed by atoms with van der Waals surface area (Å²) in [5, 5.41) is 20.9. The van der Waals surface area contributed by atoms with Gasteiger partial charge in [0.2, 0.25) is 0 Å². The van der Waals surface area contributed by atoms with Crippen LogP contribution in [0.4, 0.5) is 0 Å². The smallest absolute Gasteiger partial charge is 0.333 e. The molecule has 8 nitrogen and oxygen atoms in total. The van der Waals surface area contributed by atoms with Crippen molar-refractivity contribution < 1.29 is 38.4 Å². The van der Waals surface area contributed by atoms with Gasteiger partial charge in [-0.25, -0.2) is 4.79 Å². The highest BCUT2D eigenvalue weighted by Gasteiger charge is 2.13. The number of aliphatic hydroxyl groups excluding tert-OH is 2. The maximum atomic E-state index is 11.3. The quantitative estimate of drug-likeness (QED) is 0.102. The van der Waals surface area contributed by atoms with Crippen LogP contribution in [0.3, 0.4) is 0 Å². The van der Waals surface area contributed by atoms with E-state index in [1.54, 1.807) is 0 Å². The number of hydrogen-bond acceptors (Lipinski definition) is 8. The van der Waals surface area contributed by atoms with Crippen molar-refractivity contribution in [3.05, 3.63) is 65.7 Å². The van der Waals surface area contributed by atoms with Crippen molar-refractivity contribution in [3.8, 4) is 17.1 Å². The van der Waals surface area contributed by atoms with E-state index in [9.17, 15) is 15.0 Å². The van der Waals surface area contributed by atoms with Crippen LogP contribution >= 0.6 is 0 Å². The summed E-state index contributed by atoms with van der Waals surface area (Å²) in [7, 11) is 0. The van der Waals surface area contributed by atoms with Crippen molar-refractivity contribution >= 4 is 16.9 Å². The minimum absolute atomic E-state index is 0.0123. The van der Waals surface area contributed by atoms with Crippen LogP contribution in [0.2, 0.25) is 0 Å². The van der Waals surface area contributed by atoms with Gasteiger partial charge in [-0.15, -0.1) is 0 Å². The van der Waals surface area contributed by atoms with Gasteiger partial charge in [0.1, 0.15) is 49.3 Å². The number of unbranched alkanes of at least 4 members (excludes halogenated alkanes) is 2. The second-order valence-electron chi connectivity index (χ2n) is 9.77. The van der Waals surface area contributed by atoms with Crippen LogP contribution in [-0.2, 0) is 25.4 Å². The molecule has 2 atom stereocenters. The number of aliphatic hydroxyl groups is 2. The van der Waals surface area contributed by atoms with E-state index in [0.717, 1.165) is 23.1 Å². The highest BCUT2D eigenvalue weighted by Crippen LogP contribution is 2.32. The summed E-state index contributed by atoms with van der Waals surface area (Å²) in [5.74, 6) is 0.819. The number of hydrogen-bond donors (Lipinski definition) is 2. The van der Waals surface area contributed by atoms with E-state index in [0.29, 0.717) is 11.3 Å². The number of rotatable bonds is 17. The summed E-state index contributed by atoms with van der Waals surface area (Å²) in [6.07, 6.45) is 2.90. The number of carbonyl (C=O) groups excluding carboxylic acids is 1. The van der Waals surface area contributed by atoms with Crippen LogP contribution < -0.4 is 4.74 Å². The number of ether oxygens (including phenoxy) is 4. The first-order valence-electron chi connectivity index (χ1n) is 13.4. The summed E-state index contributed by atoms with van der Waals surface area (Å²) >= 11 is 0. The van der Waals surface area contributed by atoms with Crippen molar-refractivity contribution in [1.82, 2.24) is 0 Å². The molecule has 0 amide bonds. The number of aryl methyl sites for hydroxylation is 2. The number of fused-ring (bicyclic) bond motifs is 1. The molecular formula is C31H40O8. The Morgan fingerprint density at radius 1 is 0.974 bits per heavy atom. The standard InChI is InChI=1S/C31H40O8/c1-5-6-7-8-23-9-12-28(22(4)13-23)30-14-24-10-11-27(15-29(24)39-30)37-18-25(32)16-35-20-36-17-26(33)19-38-31(34)21(2)3/h9-15,25-26,32-33H,2,5-8,16-20H2,1,3-4H3. The van der Waals surface area contributed by atoms with Gasteiger partial charge < -0.3 is 33.6 Å². The second-order valence-corrected chi connectivity index (χ2v) is 9.77. The number of furan rings is 1. The Kier molecular flexibility index (Phi) is 12.0. The van der Waals surface area contributed by atoms with Crippen LogP contribution in [0.25, 0.3) is 22.3 Å². The summed E-state index contributed by atoms with van der Waals surface area (Å²) in [6.45, 7) is 8.91. The molecule has 3 aromatic rings. The van der Waals surface area contributed by atoms with Crippen LogP contribution in [0, 0.1) is 6.92 Å². The van der Waals surface area contributed by atoms with Crippen LogP contribution in [-0.4, -0.2) is 61.6 Å². The third kappa shape index (κ3) is 9.82. The molecule has 39 heavy (non-hydrogen) atoms. The molecule has 0 radical (unpaired) electrons. The van der Waals surface area contributed by atoms with Crippen LogP contribution in [0.5, 0.6) is 5.75 Å². The van der Waals surface area contributed by atoms with E-state index < -0.39 is 18.2 Å². The average Bonchev–Trinajstić information content (AvgIpc) is 3.33. The number of esters is 1. The first-order chi connectivity index (χ1) is 18.8. The van der Waals surface area contributed by atoms with Gasteiger partial charge in [-0.3, -0.25) is 0 Å². The molecule has 212 valence electrons. The Hall–Kier alpha value is -3.17. The molecule has 0 spiro atoms. The normalized spacial score (nSPS) is 12.8. The summed E-state index contributed by atoms with van der Waals surface area (Å²) in [5.41, 5.74) is 4.58. The summed E-state index contributed by atoms with van der Waals surface area (Å²) in [6, 6.07) is 14.2. The lowest BCUT2D eigenvalue weighted by Gasteiger charge is -2.14. The predicted molar refractivity (Wildman–Crippen MR) is 150 cm³/mol. The Balaban J connectivity index is 1.42. The van der Waals surface area contributed by atoms with E-state index in [4.69, 9.17) is 23.4 Å². The molecule has 0 saturated heterocycles. The van der Waals surface area contributed by atoms with Gasteiger partial charge in [0.05, 0.1) is 13.2 Å². The Labute approximate surface area is 230 Å². The van der Waals surface area contributed by atoms with Crippen molar-refractivity contribution in [2.24, 2.45) is 0 Å². The molecule has 0 aliphatic rings. The fraction of sp³-hybridized carbons (Fsp3) is 0.452. The lowest BCUT2D eigenvalue weighted by Crippen LogP contribution is -2.26. The molecular weight excluding hydrogens is 500 g/mol. The molecule has 1 aromatic heterocycles. The molecule has 2 aromatic carbocycles. The minimum Gasteiger partial charge on any atom is -0.491 e. The highest BCUT2D eigenvalue weighted by molar-refractivity contribution is 5.87. The summed E-state index contributed by atoms with van der Waals surface area (Å²) < 4.78 is 27.1. The van der Waals surface area contributed by atoms with Gasteiger partial charge in [-0.1, -0.05) is 44.5 Å². The predicted octanol–water partition coefficient (Wildman–Crippen LogP) is 5.35. The van der Waals surface area contributed by atoms with Crippen LogP contribution in [0.15, 0.2) is 59.0 Å². The topological polar surface area (TPSA) is 108 Å². The van der Waals surface area contributed by atoms with Crippen LogP contribution in [0.1, 0.15) is 44.2 Å². The van der Waals surface area contributed by atoms with Gasteiger partial charge in [0, 0.05) is 22.6 Å². The molecule has 2 N–H and O–H groups in total. The third-order valence-electron chi connectivity index (χ3n) is 6.10. The molecule has 0 aliphatic carbocycles. The maximum Gasteiger partial charge on any atom is 0.333 e. The van der Waals surface area contributed by atoms with Crippen molar-refractivity contribution in [2.75, 3.05) is 33.2 Å². The van der Waals surface area contributed by atoms with Gasteiger partial charge in [0.15, 0.2) is 0 Å². The Morgan fingerprint density at radius 2 is 1.72 bits per heavy atom. The Bertz CT molecular complexity index is 1210. The molecule has 0 bridgehead atoms.